The van der Waals surface area contributed by atoms with Crippen molar-refractivity contribution in [2.75, 3.05) is 32.7 Å². The van der Waals surface area contributed by atoms with Gasteiger partial charge in [0.25, 0.3) is 0 Å². The highest BCUT2D eigenvalue weighted by molar-refractivity contribution is 6.30. The average Bonchev–Trinajstić information content (AvgIpc) is 2.45. The van der Waals surface area contributed by atoms with Crippen molar-refractivity contribution in [1.29, 1.82) is 0 Å². The Balaban J connectivity index is 1.61. The standard InChI is InChI=1S/C16H20ClN3O2/c1-11(21)20-8-13(9-20)16(22)19-6-5-18-15(10-19)12-3-2-4-14(17)7-12/h2-4,7,13,15,18H,5-6,8-10H2,1H3. The zero-order valence-corrected chi connectivity index (χ0v) is 13.3. The van der Waals surface area contributed by atoms with Crippen LogP contribution in [-0.4, -0.2) is 54.3 Å². The minimum atomic E-state index is -0.0398. The van der Waals surface area contributed by atoms with Crippen molar-refractivity contribution in [3.63, 3.8) is 0 Å². The zero-order valence-electron chi connectivity index (χ0n) is 12.6. The van der Waals surface area contributed by atoms with Crippen LogP contribution in [0, 0.1) is 5.92 Å². The van der Waals surface area contributed by atoms with Crippen molar-refractivity contribution in [3.05, 3.63) is 34.9 Å². The van der Waals surface area contributed by atoms with E-state index in [0.29, 0.717) is 31.2 Å². The van der Waals surface area contributed by atoms with Gasteiger partial charge in [0.05, 0.1) is 5.92 Å². The highest BCUT2D eigenvalue weighted by Crippen LogP contribution is 2.24. The summed E-state index contributed by atoms with van der Waals surface area (Å²) < 4.78 is 0. The smallest absolute Gasteiger partial charge is 0.229 e. The van der Waals surface area contributed by atoms with Crippen molar-refractivity contribution in [2.45, 2.75) is 13.0 Å². The van der Waals surface area contributed by atoms with E-state index in [0.717, 1.165) is 12.1 Å². The second-order valence-corrected chi connectivity index (χ2v) is 6.40. The summed E-state index contributed by atoms with van der Waals surface area (Å²) in [5.74, 6) is 0.161. The molecule has 2 heterocycles. The minimum absolute atomic E-state index is 0.0398. The quantitative estimate of drug-likeness (QED) is 0.893. The van der Waals surface area contributed by atoms with Gasteiger partial charge < -0.3 is 15.1 Å². The van der Waals surface area contributed by atoms with E-state index in [-0.39, 0.29) is 23.8 Å². The summed E-state index contributed by atoms with van der Waals surface area (Å²) >= 11 is 6.04. The maximum Gasteiger partial charge on any atom is 0.229 e. The molecule has 118 valence electrons. The van der Waals surface area contributed by atoms with Gasteiger partial charge in [0, 0.05) is 50.7 Å². The third-order valence-electron chi connectivity index (χ3n) is 4.41. The molecule has 0 aliphatic carbocycles. The maximum atomic E-state index is 12.5. The highest BCUT2D eigenvalue weighted by Gasteiger charge is 2.37. The molecule has 6 heteroatoms. The van der Waals surface area contributed by atoms with Gasteiger partial charge in [0.1, 0.15) is 0 Å². The lowest BCUT2D eigenvalue weighted by atomic mass is 9.96. The number of carbonyl (C=O) groups is 2. The normalized spacial score (nSPS) is 22.4. The van der Waals surface area contributed by atoms with Crippen LogP contribution in [0.5, 0.6) is 0 Å². The van der Waals surface area contributed by atoms with E-state index >= 15 is 0 Å². The molecular formula is C16H20ClN3O2. The molecule has 22 heavy (non-hydrogen) atoms. The van der Waals surface area contributed by atoms with Crippen LogP contribution in [0.3, 0.4) is 0 Å². The van der Waals surface area contributed by atoms with Gasteiger partial charge >= 0.3 is 0 Å². The SMILES string of the molecule is CC(=O)N1CC(C(=O)N2CCNC(c3cccc(Cl)c3)C2)C1. The predicted molar refractivity (Wildman–Crippen MR) is 84.5 cm³/mol. The Bertz CT molecular complexity index is 587. The first-order valence-electron chi connectivity index (χ1n) is 7.58. The molecule has 0 radical (unpaired) electrons. The lowest BCUT2D eigenvalue weighted by Crippen LogP contribution is -2.58. The Kier molecular flexibility index (Phi) is 4.36. The fourth-order valence-electron chi connectivity index (χ4n) is 3.05. The summed E-state index contributed by atoms with van der Waals surface area (Å²) in [6.45, 7) is 4.79. The van der Waals surface area contributed by atoms with Crippen LogP contribution in [0.4, 0.5) is 0 Å². The van der Waals surface area contributed by atoms with E-state index < -0.39 is 0 Å². The molecule has 2 fully saturated rings. The Morgan fingerprint density at radius 2 is 2.00 bits per heavy atom. The molecule has 2 saturated heterocycles. The fraction of sp³-hybridized carbons (Fsp3) is 0.500. The number of benzene rings is 1. The topological polar surface area (TPSA) is 52.7 Å². The largest absolute Gasteiger partial charge is 0.341 e. The molecule has 5 nitrogen and oxygen atoms in total. The molecular weight excluding hydrogens is 302 g/mol. The van der Waals surface area contributed by atoms with Gasteiger partial charge in [-0.3, -0.25) is 9.59 Å². The van der Waals surface area contributed by atoms with Gasteiger partial charge in [-0.05, 0) is 17.7 Å². The molecule has 0 spiro atoms. The lowest BCUT2D eigenvalue weighted by molar-refractivity contribution is -0.148. The third kappa shape index (κ3) is 3.10. The first kappa shape index (κ1) is 15.3. The molecule has 0 bridgehead atoms. The average molecular weight is 322 g/mol. The Morgan fingerprint density at radius 3 is 2.68 bits per heavy atom. The third-order valence-corrected chi connectivity index (χ3v) is 4.65. The first-order chi connectivity index (χ1) is 10.5. The van der Waals surface area contributed by atoms with Crippen molar-refractivity contribution in [1.82, 2.24) is 15.1 Å². The monoisotopic (exact) mass is 321 g/mol. The summed E-state index contributed by atoms with van der Waals surface area (Å²) in [4.78, 5) is 27.4. The summed E-state index contributed by atoms with van der Waals surface area (Å²) in [7, 11) is 0. The van der Waals surface area contributed by atoms with Gasteiger partial charge in [-0.15, -0.1) is 0 Å². The van der Waals surface area contributed by atoms with Gasteiger partial charge in [0.2, 0.25) is 11.8 Å². The molecule has 1 N–H and O–H groups in total. The predicted octanol–water partition coefficient (Wildman–Crippen LogP) is 1.29. The highest BCUT2D eigenvalue weighted by atomic mass is 35.5. The van der Waals surface area contributed by atoms with Crippen molar-refractivity contribution < 1.29 is 9.59 Å². The van der Waals surface area contributed by atoms with Gasteiger partial charge in [-0.1, -0.05) is 23.7 Å². The van der Waals surface area contributed by atoms with Crippen LogP contribution in [0.2, 0.25) is 5.02 Å². The molecule has 0 aromatic heterocycles. The molecule has 0 saturated carbocycles. The maximum absolute atomic E-state index is 12.5. The van der Waals surface area contributed by atoms with E-state index in [2.05, 4.69) is 5.32 Å². The van der Waals surface area contributed by atoms with Crippen molar-refractivity contribution >= 4 is 23.4 Å². The summed E-state index contributed by atoms with van der Waals surface area (Å²) in [6.07, 6.45) is 0. The van der Waals surface area contributed by atoms with Crippen LogP contribution < -0.4 is 5.32 Å². The van der Waals surface area contributed by atoms with E-state index in [1.54, 1.807) is 11.8 Å². The zero-order chi connectivity index (χ0) is 15.7. The number of nitrogens with one attached hydrogen (secondary N) is 1. The number of nitrogens with zero attached hydrogens (tertiary/aromatic N) is 2. The van der Waals surface area contributed by atoms with Crippen LogP contribution in [0.15, 0.2) is 24.3 Å². The first-order valence-corrected chi connectivity index (χ1v) is 7.95. The molecule has 1 unspecified atom stereocenters. The van der Waals surface area contributed by atoms with Gasteiger partial charge in [-0.25, -0.2) is 0 Å². The minimum Gasteiger partial charge on any atom is -0.341 e. The Morgan fingerprint density at radius 1 is 1.23 bits per heavy atom. The van der Waals surface area contributed by atoms with E-state index in [1.807, 2.05) is 29.2 Å². The van der Waals surface area contributed by atoms with E-state index in [1.165, 1.54) is 0 Å². The van der Waals surface area contributed by atoms with E-state index in [9.17, 15) is 9.59 Å². The van der Waals surface area contributed by atoms with Crippen LogP contribution in [-0.2, 0) is 9.59 Å². The molecule has 1 atom stereocenters. The Labute approximate surface area is 135 Å². The van der Waals surface area contributed by atoms with Crippen molar-refractivity contribution in [2.24, 2.45) is 5.92 Å². The van der Waals surface area contributed by atoms with Crippen molar-refractivity contribution in [3.8, 4) is 0 Å². The summed E-state index contributed by atoms with van der Waals surface area (Å²) in [5.41, 5.74) is 1.10. The fourth-order valence-corrected chi connectivity index (χ4v) is 3.25. The number of hydrogen-bond donors (Lipinski definition) is 1. The van der Waals surface area contributed by atoms with Crippen LogP contribution >= 0.6 is 11.6 Å². The second-order valence-electron chi connectivity index (χ2n) is 5.97. The second kappa shape index (κ2) is 6.26. The molecule has 2 aliphatic heterocycles. The summed E-state index contributed by atoms with van der Waals surface area (Å²) in [6, 6.07) is 7.85. The lowest BCUT2D eigenvalue weighted by Gasteiger charge is -2.42. The number of halogens is 1. The molecule has 1 aromatic rings. The molecule has 2 aliphatic rings. The van der Waals surface area contributed by atoms with Crippen LogP contribution in [0.25, 0.3) is 0 Å². The number of piperazine rings is 1. The molecule has 3 rings (SSSR count). The number of likely N-dealkylation sites (tertiary alicyclic amines) is 1. The number of hydrogen-bond acceptors (Lipinski definition) is 3. The van der Waals surface area contributed by atoms with Crippen LogP contribution in [0.1, 0.15) is 18.5 Å². The Hall–Kier alpha value is -1.59. The molecule has 2 amide bonds. The van der Waals surface area contributed by atoms with Gasteiger partial charge in [-0.2, -0.15) is 0 Å². The number of carbonyl (C=O) groups excluding carboxylic acids is 2. The van der Waals surface area contributed by atoms with Gasteiger partial charge in [0.15, 0.2) is 0 Å². The van der Waals surface area contributed by atoms with E-state index in [4.69, 9.17) is 11.6 Å². The molecule has 1 aromatic carbocycles. The number of amides is 2. The number of rotatable bonds is 2. The summed E-state index contributed by atoms with van der Waals surface area (Å²) in [5, 5.41) is 4.14.